The van der Waals surface area contributed by atoms with Gasteiger partial charge in [-0.05, 0) is 85.7 Å². The standard InChI is InChI=1S/C30H34FNO4/c1-20-9-10-22(17-29(20)31)16-25-6-5-15-32(25)18-26(33)19-36-21(2)27-7-3-4-8-28(27)23-11-13-24(14-12-23)30(34)35/h3-4,7-14,17,21,25-26,33H,5-6,15-16,18-19H2,1-2H3,(H,34,35)/t21-,25+,26-/m1/s1. The van der Waals surface area contributed by atoms with Crippen LogP contribution in [0.5, 0.6) is 0 Å². The van der Waals surface area contributed by atoms with Crippen LogP contribution < -0.4 is 0 Å². The number of rotatable bonds is 10. The lowest BCUT2D eigenvalue weighted by atomic mass is 9.96. The number of hydrogen-bond donors (Lipinski definition) is 2. The van der Waals surface area contributed by atoms with Gasteiger partial charge in [-0.3, -0.25) is 4.90 Å². The Morgan fingerprint density at radius 3 is 2.61 bits per heavy atom. The molecule has 0 aliphatic carbocycles. The first kappa shape index (κ1) is 26.0. The number of carboxylic acids is 1. The minimum atomic E-state index is -0.952. The van der Waals surface area contributed by atoms with E-state index in [0.717, 1.165) is 48.1 Å². The number of ether oxygens (including phenoxy) is 1. The molecule has 1 aliphatic heterocycles. The number of hydrogen-bond acceptors (Lipinski definition) is 4. The fourth-order valence-electron chi connectivity index (χ4n) is 4.98. The van der Waals surface area contributed by atoms with Crippen LogP contribution >= 0.6 is 0 Å². The van der Waals surface area contributed by atoms with Gasteiger partial charge in [0, 0.05) is 12.6 Å². The molecule has 0 saturated carbocycles. The Kier molecular flexibility index (Phi) is 8.52. The van der Waals surface area contributed by atoms with Gasteiger partial charge in [-0.15, -0.1) is 0 Å². The van der Waals surface area contributed by atoms with Crippen LogP contribution in [0.4, 0.5) is 4.39 Å². The lowest BCUT2D eigenvalue weighted by Crippen LogP contribution is -2.39. The summed E-state index contributed by atoms with van der Waals surface area (Å²) in [6.45, 7) is 5.37. The number of carboxylic acid groups (broad SMARTS) is 1. The van der Waals surface area contributed by atoms with Crippen LogP contribution in [0.2, 0.25) is 0 Å². The summed E-state index contributed by atoms with van der Waals surface area (Å²) >= 11 is 0. The van der Waals surface area contributed by atoms with Gasteiger partial charge in [0.05, 0.1) is 24.4 Å². The minimum absolute atomic E-state index is 0.169. The smallest absolute Gasteiger partial charge is 0.335 e. The number of carbonyl (C=O) groups is 1. The Morgan fingerprint density at radius 1 is 1.14 bits per heavy atom. The van der Waals surface area contributed by atoms with Crippen molar-refractivity contribution in [2.45, 2.75) is 51.4 Å². The van der Waals surface area contributed by atoms with Gasteiger partial charge in [0.15, 0.2) is 0 Å². The monoisotopic (exact) mass is 491 g/mol. The molecule has 3 aromatic carbocycles. The fourth-order valence-corrected chi connectivity index (χ4v) is 4.98. The van der Waals surface area contributed by atoms with E-state index in [1.165, 1.54) is 0 Å². The van der Waals surface area contributed by atoms with E-state index in [4.69, 9.17) is 9.84 Å². The summed E-state index contributed by atoms with van der Waals surface area (Å²) in [7, 11) is 0. The number of aromatic carboxylic acids is 1. The second kappa shape index (κ2) is 11.8. The normalized spacial score (nSPS) is 17.7. The van der Waals surface area contributed by atoms with Gasteiger partial charge in [-0.2, -0.15) is 0 Å². The zero-order chi connectivity index (χ0) is 25.7. The van der Waals surface area contributed by atoms with Crippen molar-refractivity contribution in [3.8, 4) is 11.1 Å². The average molecular weight is 492 g/mol. The van der Waals surface area contributed by atoms with Crippen molar-refractivity contribution in [3.05, 3.63) is 94.8 Å². The number of likely N-dealkylation sites (tertiary alicyclic amines) is 1. The molecule has 5 nitrogen and oxygen atoms in total. The number of aryl methyl sites for hydroxylation is 1. The topological polar surface area (TPSA) is 70.0 Å². The second-order valence-electron chi connectivity index (χ2n) is 9.68. The molecule has 3 atom stereocenters. The first-order chi connectivity index (χ1) is 17.3. The summed E-state index contributed by atoms with van der Waals surface area (Å²) in [5, 5.41) is 19.9. The molecule has 0 unspecified atom stereocenters. The van der Waals surface area contributed by atoms with E-state index in [2.05, 4.69) is 4.90 Å². The van der Waals surface area contributed by atoms with Crippen molar-refractivity contribution in [2.75, 3.05) is 19.7 Å². The van der Waals surface area contributed by atoms with Crippen molar-refractivity contribution in [1.29, 1.82) is 0 Å². The predicted molar refractivity (Wildman–Crippen MR) is 139 cm³/mol. The Hall–Kier alpha value is -3.06. The van der Waals surface area contributed by atoms with Crippen LogP contribution in [-0.4, -0.2) is 52.9 Å². The van der Waals surface area contributed by atoms with Gasteiger partial charge >= 0.3 is 5.97 Å². The second-order valence-corrected chi connectivity index (χ2v) is 9.68. The largest absolute Gasteiger partial charge is 0.478 e. The summed E-state index contributed by atoms with van der Waals surface area (Å²) in [5.41, 5.74) is 4.76. The molecule has 0 bridgehead atoms. The predicted octanol–water partition coefficient (Wildman–Crippen LogP) is 5.64. The van der Waals surface area contributed by atoms with Crippen molar-refractivity contribution < 1.29 is 24.1 Å². The van der Waals surface area contributed by atoms with Crippen molar-refractivity contribution in [1.82, 2.24) is 4.90 Å². The molecule has 1 saturated heterocycles. The Morgan fingerprint density at radius 2 is 1.89 bits per heavy atom. The number of benzene rings is 3. The van der Waals surface area contributed by atoms with Crippen LogP contribution in [-0.2, 0) is 11.2 Å². The summed E-state index contributed by atoms with van der Waals surface area (Å²) in [5.74, 6) is -1.12. The van der Waals surface area contributed by atoms with Gasteiger partial charge in [-0.1, -0.05) is 48.5 Å². The molecule has 36 heavy (non-hydrogen) atoms. The highest BCUT2D eigenvalue weighted by molar-refractivity contribution is 5.88. The van der Waals surface area contributed by atoms with E-state index in [-0.39, 0.29) is 30.1 Å². The third-order valence-electron chi connectivity index (χ3n) is 7.03. The SMILES string of the molecule is Cc1ccc(C[C@@H]2CCCN2C[C@@H](O)CO[C@H](C)c2ccccc2-c2ccc(C(=O)O)cc2)cc1F. The maximum Gasteiger partial charge on any atom is 0.335 e. The summed E-state index contributed by atoms with van der Waals surface area (Å²) in [4.78, 5) is 13.5. The molecular formula is C30H34FNO4. The van der Waals surface area contributed by atoms with Crippen LogP contribution in [0.25, 0.3) is 11.1 Å². The molecule has 0 spiro atoms. The third kappa shape index (κ3) is 6.38. The molecule has 1 fully saturated rings. The maximum absolute atomic E-state index is 14.0. The lowest BCUT2D eigenvalue weighted by molar-refractivity contribution is -0.0169. The van der Waals surface area contributed by atoms with Gasteiger partial charge < -0.3 is 14.9 Å². The number of aliphatic hydroxyl groups excluding tert-OH is 1. The quantitative estimate of drug-likeness (QED) is 0.384. The van der Waals surface area contributed by atoms with E-state index in [1.807, 2.05) is 43.3 Å². The Labute approximate surface area is 212 Å². The molecule has 0 radical (unpaired) electrons. The molecule has 3 aromatic rings. The molecule has 190 valence electrons. The van der Waals surface area contributed by atoms with E-state index in [0.29, 0.717) is 12.1 Å². The summed E-state index contributed by atoms with van der Waals surface area (Å²) in [6.07, 6.45) is 1.99. The van der Waals surface area contributed by atoms with Crippen molar-refractivity contribution in [3.63, 3.8) is 0 Å². The molecule has 2 N–H and O–H groups in total. The van der Waals surface area contributed by atoms with Crippen molar-refractivity contribution in [2.24, 2.45) is 0 Å². The summed E-state index contributed by atoms with van der Waals surface area (Å²) in [6, 6.07) is 20.4. The zero-order valence-corrected chi connectivity index (χ0v) is 20.9. The molecule has 6 heteroatoms. The van der Waals surface area contributed by atoms with Gasteiger partial charge in [0.1, 0.15) is 5.82 Å². The van der Waals surface area contributed by atoms with Gasteiger partial charge in [-0.25, -0.2) is 9.18 Å². The number of halogens is 1. The third-order valence-corrected chi connectivity index (χ3v) is 7.03. The van der Waals surface area contributed by atoms with E-state index < -0.39 is 12.1 Å². The van der Waals surface area contributed by atoms with Crippen LogP contribution in [0.15, 0.2) is 66.7 Å². The van der Waals surface area contributed by atoms with Gasteiger partial charge in [0.25, 0.3) is 0 Å². The molecule has 0 aromatic heterocycles. The number of nitrogens with zero attached hydrogens (tertiary/aromatic N) is 1. The van der Waals surface area contributed by atoms with E-state index in [9.17, 15) is 14.3 Å². The fraction of sp³-hybridized carbons (Fsp3) is 0.367. The van der Waals surface area contributed by atoms with Crippen LogP contribution in [0.1, 0.15) is 52.9 Å². The van der Waals surface area contributed by atoms with E-state index >= 15 is 0 Å². The zero-order valence-electron chi connectivity index (χ0n) is 20.9. The van der Waals surface area contributed by atoms with Crippen LogP contribution in [0.3, 0.4) is 0 Å². The first-order valence-corrected chi connectivity index (χ1v) is 12.5. The highest BCUT2D eigenvalue weighted by Crippen LogP contribution is 2.30. The molecule has 4 rings (SSSR count). The number of β-amino-alcohol motifs (C(OH)–C–C–N with tert-alkyl or cyclic N) is 1. The highest BCUT2D eigenvalue weighted by atomic mass is 19.1. The summed E-state index contributed by atoms with van der Waals surface area (Å²) < 4.78 is 20.1. The molecular weight excluding hydrogens is 457 g/mol. The van der Waals surface area contributed by atoms with Crippen molar-refractivity contribution >= 4 is 5.97 Å². The Balaban J connectivity index is 1.34. The Bertz CT molecular complexity index is 1180. The molecule has 1 heterocycles. The van der Waals surface area contributed by atoms with Crippen LogP contribution in [0, 0.1) is 12.7 Å². The minimum Gasteiger partial charge on any atom is -0.478 e. The molecule has 0 amide bonds. The van der Waals surface area contributed by atoms with Gasteiger partial charge in [0.2, 0.25) is 0 Å². The highest BCUT2D eigenvalue weighted by Gasteiger charge is 2.27. The maximum atomic E-state index is 14.0. The van der Waals surface area contributed by atoms with E-state index in [1.54, 1.807) is 37.3 Å². The number of aliphatic hydroxyl groups is 1. The average Bonchev–Trinajstić information content (AvgIpc) is 3.31. The lowest BCUT2D eigenvalue weighted by Gasteiger charge is -2.28. The molecule has 1 aliphatic rings. The first-order valence-electron chi connectivity index (χ1n) is 12.5.